The van der Waals surface area contributed by atoms with Gasteiger partial charge in [0.05, 0.1) is 10.5 Å². The van der Waals surface area contributed by atoms with Crippen LogP contribution in [-0.2, 0) is 4.79 Å². The summed E-state index contributed by atoms with van der Waals surface area (Å²) in [6.45, 7) is 1.66. The maximum absolute atomic E-state index is 13.4. The van der Waals surface area contributed by atoms with E-state index in [2.05, 4.69) is 15.6 Å². The molecule has 1 aromatic carbocycles. The van der Waals surface area contributed by atoms with E-state index in [-0.39, 0.29) is 40.3 Å². The molecule has 3 fully saturated rings. The number of benzene rings is 1. The number of aromatic nitrogens is 1. The highest BCUT2D eigenvalue weighted by atomic mass is 35.5. The van der Waals surface area contributed by atoms with Crippen LogP contribution in [0.3, 0.4) is 0 Å². The van der Waals surface area contributed by atoms with Crippen LogP contribution in [0, 0.1) is 12.7 Å². The molecule has 6 nitrogen and oxygen atoms in total. The van der Waals surface area contributed by atoms with E-state index in [4.69, 9.17) is 16.3 Å². The Hall–Kier alpha value is -2.19. The van der Waals surface area contributed by atoms with Crippen LogP contribution in [0.5, 0.6) is 5.75 Å². The largest absolute Gasteiger partial charge is 0.484 e. The predicted octanol–water partition coefficient (Wildman–Crippen LogP) is 2.84. The highest BCUT2D eigenvalue weighted by Gasteiger charge is 2.69. The van der Waals surface area contributed by atoms with Crippen LogP contribution in [0.2, 0.25) is 5.02 Å². The summed E-state index contributed by atoms with van der Waals surface area (Å²) in [6, 6.07) is 4.02. The van der Waals surface area contributed by atoms with Crippen LogP contribution >= 0.6 is 22.9 Å². The summed E-state index contributed by atoms with van der Waals surface area (Å²) in [5, 5.41) is 5.99. The molecule has 3 saturated carbocycles. The molecule has 0 aliphatic heterocycles. The molecule has 2 bridgehead atoms. The van der Waals surface area contributed by atoms with E-state index >= 15 is 0 Å². The Bertz CT molecular complexity index is 913. The van der Waals surface area contributed by atoms with Crippen molar-refractivity contribution in [2.24, 2.45) is 0 Å². The summed E-state index contributed by atoms with van der Waals surface area (Å²) in [6.07, 6.45) is 2.07. The molecule has 142 valence electrons. The molecule has 0 atom stereocenters. The van der Waals surface area contributed by atoms with Crippen LogP contribution < -0.4 is 15.4 Å². The molecular formula is C18H17ClFN3O3S. The standard InChI is InChI=1S/C18H17ClFN3O3S/c1-10-15(21-9-27-10)16(25)23-18-6-17(7-18,8-18)22-14(24)5-26-11-2-3-12(19)13(20)4-11/h2-4,9H,5-8H2,1H3,(H,22,24)(H,23,25). The van der Waals surface area contributed by atoms with Gasteiger partial charge >= 0.3 is 0 Å². The number of ether oxygens (including phenoxy) is 1. The second kappa shape index (κ2) is 6.45. The first kappa shape index (κ1) is 18.2. The van der Waals surface area contributed by atoms with Crippen molar-refractivity contribution in [3.63, 3.8) is 0 Å². The van der Waals surface area contributed by atoms with Crippen molar-refractivity contribution in [3.8, 4) is 5.75 Å². The van der Waals surface area contributed by atoms with Crippen LogP contribution in [-0.4, -0.2) is 34.5 Å². The summed E-state index contributed by atoms with van der Waals surface area (Å²) in [7, 11) is 0. The van der Waals surface area contributed by atoms with Crippen molar-refractivity contribution in [3.05, 3.63) is 45.1 Å². The zero-order valence-electron chi connectivity index (χ0n) is 14.5. The first-order valence-corrected chi connectivity index (χ1v) is 9.67. The van der Waals surface area contributed by atoms with Gasteiger partial charge in [-0.05, 0) is 38.3 Å². The fourth-order valence-electron chi connectivity index (χ4n) is 3.92. The quantitative estimate of drug-likeness (QED) is 0.768. The molecule has 0 saturated heterocycles. The fraction of sp³-hybridized carbons (Fsp3) is 0.389. The Morgan fingerprint density at radius 3 is 2.63 bits per heavy atom. The number of aryl methyl sites for hydroxylation is 1. The lowest BCUT2D eigenvalue weighted by atomic mass is 9.44. The molecule has 2 N–H and O–H groups in total. The molecule has 9 heteroatoms. The molecule has 1 heterocycles. The Balaban J connectivity index is 1.24. The minimum Gasteiger partial charge on any atom is -0.484 e. The van der Waals surface area contributed by atoms with Gasteiger partial charge in [-0.3, -0.25) is 9.59 Å². The molecule has 0 radical (unpaired) electrons. The smallest absolute Gasteiger partial charge is 0.271 e. The molecule has 0 unspecified atom stereocenters. The molecule has 1 aromatic heterocycles. The number of nitrogens with one attached hydrogen (secondary N) is 2. The van der Waals surface area contributed by atoms with E-state index in [1.807, 2.05) is 6.92 Å². The number of amides is 2. The highest BCUT2D eigenvalue weighted by molar-refractivity contribution is 7.09. The first-order chi connectivity index (χ1) is 12.8. The lowest BCUT2D eigenvalue weighted by molar-refractivity contribution is -0.141. The van der Waals surface area contributed by atoms with Crippen molar-refractivity contribution in [2.75, 3.05) is 6.61 Å². The average Bonchev–Trinajstić information content (AvgIpc) is 2.99. The van der Waals surface area contributed by atoms with Crippen LogP contribution in [0.15, 0.2) is 23.7 Å². The molecule has 3 aliphatic carbocycles. The third kappa shape index (κ3) is 3.39. The normalized spacial score (nSPS) is 25.1. The van der Waals surface area contributed by atoms with Gasteiger partial charge in [0, 0.05) is 22.0 Å². The van der Waals surface area contributed by atoms with Crippen molar-refractivity contribution >= 4 is 34.8 Å². The maximum atomic E-state index is 13.4. The van der Waals surface area contributed by atoms with E-state index in [1.54, 1.807) is 5.51 Å². The second-order valence-electron chi connectivity index (χ2n) is 7.22. The number of nitrogens with zero attached hydrogens (tertiary/aromatic N) is 1. The van der Waals surface area contributed by atoms with Crippen LogP contribution in [0.4, 0.5) is 4.39 Å². The molecule has 3 aliphatic rings. The summed E-state index contributed by atoms with van der Waals surface area (Å²) >= 11 is 7.05. The number of thiazole rings is 1. The van der Waals surface area contributed by atoms with Gasteiger partial charge in [0.1, 0.15) is 17.3 Å². The second-order valence-corrected chi connectivity index (χ2v) is 8.68. The highest BCUT2D eigenvalue weighted by Crippen LogP contribution is 2.60. The monoisotopic (exact) mass is 409 g/mol. The number of halogens is 2. The Labute approximate surface area is 164 Å². The third-order valence-electron chi connectivity index (χ3n) is 5.03. The van der Waals surface area contributed by atoms with Gasteiger partial charge in [-0.2, -0.15) is 0 Å². The summed E-state index contributed by atoms with van der Waals surface area (Å²) in [5.41, 5.74) is 1.59. The van der Waals surface area contributed by atoms with Gasteiger partial charge in [-0.1, -0.05) is 11.6 Å². The lowest BCUT2D eigenvalue weighted by Crippen LogP contribution is -2.84. The van der Waals surface area contributed by atoms with Gasteiger partial charge in [-0.15, -0.1) is 11.3 Å². The molecule has 27 heavy (non-hydrogen) atoms. The van der Waals surface area contributed by atoms with Crippen molar-refractivity contribution in [1.29, 1.82) is 0 Å². The average molecular weight is 410 g/mol. The van der Waals surface area contributed by atoms with Crippen LogP contribution in [0.1, 0.15) is 34.6 Å². The lowest BCUT2D eigenvalue weighted by Gasteiger charge is -2.70. The van der Waals surface area contributed by atoms with Gasteiger partial charge in [0.25, 0.3) is 11.8 Å². The molecule has 2 aromatic rings. The first-order valence-electron chi connectivity index (χ1n) is 8.41. The predicted molar refractivity (Wildman–Crippen MR) is 98.7 cm³/mol. The van der Waals surface area contributed by atoms with Crippen molar-refractivity contribution in [1.82, 2.24) is 15.6 Å². The zero-order chi connectivity index (χ0) is 19.2. The van der Waals surface area contributed by atoms with Crippen molar-refractivity contribution < 1.29 is 18.7 Å². The number of hydrogen-bond acceptors (Lipinski definition) is 5. The van der Waals surface area contributed by atoms with E-state index in [0.29, 0.717) is 25.0 Å². The van der Waals surface area contributed by atoms with E-state index in [9.17, 15) is 14.0 Å². The fourth-order valence-corrected chi connectivity index (χ4v) is 4.61. The SMILES string of the molecule is Cc1scnc1C(=O)NC12CC(NC(=O)COc3ccc(Cl)c(F)c3)(C1)C2. The summed E-state index contributed by atoms with van der Waals surface area (Å²) in [4.78, 5) is 29.4. The third-order valence-corrected chi connectivity index (χ3v) is 6.10. The number of carbonyl (C=O) groups is 2. The minimum absolute atomic E-state index is 0.000795. The molecule has 5 rings (SSSR count). The van der Waals surface area contributed by atoms with Gasteiger partial charge in [0.15, 0.2) is 6.61 Å². The summed E-state index contributed by atoms with van der Waals surface area (Å²) < 4.78 is 18.7. The van der Waals surface area contributed by atoms with E-state index in [0.717, 1.165) is 10.9 Å². The van der Waals surface area contributed by atoms with Gasteiger partial charge in [-0.25, -0.2) is 9.37 Å². The van der Waals surface area contributed by atoms with Gasteiger partial charge in [0.2, 0.25) is 0 Å². The number of hydrogen-bond donors (Lipinski definition) is 2. The Morgan fingerprint density at radius 2 is 2.00 bits per heavy atom. The topological polar surface area (TPSA) is 80.3 Å². The maximum Gasteiger partial charge on any atom is 0.271 e. The zero-order valence-corrected chi connectivity index (χ0v) is 16.0. The van der Waals surface area contributed by atoms with E-state index < -0.39 is 5.82 Å². The molecule has 0 spiro atoms. The Kier molecular flexibility index (Phi) is 4.35. The Morgan fingerprint density at radius 1 is 1.30 bits per heavy atom. The van der Waals surface area contributed by atoms with Crippen LogP contribution in [0.25, 0.3) is 0 Å². The van der Waals surface area contributed by atoms with E-state index in [1.165, 1.54) is 23.5 Å². The molecule has 2 amide bonds. The summed E-state index contributed by atoms with van der Waals surface area (Å²) in [5.74, 6) is -0.796. The minimum atomic E-state index is -0.595. The van der Waals surface area contributed by atoms with Crippen molar-refractivity contribution in [2.45, 2.75) is 37.3 Å². The van der Waals surface area contributed by atoms with Gasteiger partial charge < -0.3 is 15.4 Å². The number of carbonyl (C=O) groups excluding carboxylic acids is 2. The molecular weight excluding hydrogens is 393 g/mol. The number of rotatable bonds is 6.